The van der Waals surface area contributed by atoms with Crippen LogP contribution in [0.4, 0.5) is 10.2 Å². The number of hydrogen-bond acceptors (Lipinski definition) is 4. The van der Waals surface area contributed by atoms with Crippen molar-refractivity contribution in [2.45, 2.75) is 13.3 Å². The topological polar surface area (TPSA) is 54.8 Å². The zero-order chi connectivity index (χ0) is 12.3. The highest BCUT2D eigenvalue weighted by Crippen LogP contribution is 2.22. The van der Waals surface area contributed by atoms with Crippen LogP contribution < -0.4 is 9.75 Å². The molecule has 0 bridgehead atoms. The summed E-state index contributed by atoms with van der Waals surface area (Å²) in [4.78, 5) is 15.6. The van der Waals surface area contributed by atoms with Gasteiger partial charge >= 0.3 is 0 Å². The molecule has 0 saturated carbocycles. The molecule has 0 unspecified atom stereocenters. The number of rotatable bonds is 4. The molecule has 0 N–H and O–H groups in total. The van der Waals surface area contributed by atoms with E-state index in [2.05, 4.69) is 10.1 Å². The number of hydrazone groups is 1. The van der Waals surface area contributed by atoms with Crippen LogP contribution in [0.25, 0.3) is 0 Å². The molecule has 1 amide bonds. The van der Waals surface area contributed by atoms with Gasteiger partial charge in [0.1, 0.15) is 19.0 Å². The lowest BCUT2D eigenvalue weighted by Gasteiger charge is -2.11. The summed E-state index contributed by atoms with van der Waals surface area (Å²) >= 11 is 0. The van der Waals surface area contributed by atoms with Crippen molar-refractivity contribution >= 4 is 17.4 Å². The Morgan fingerprint density at radius 3 is 3.06 bits per heavy atom. The van der Waals surface area contributed by atoms with Gasteiger partial charge in [0, 0.05) is 18.0 Å². The zero-order valence-corrected chi connectivity index (χ0v) is 9.39. The fourth-order valence-electron chi connectivity index (χ4n) is 1.50. The Hall–Kier alpha value is -1.98. The van der Waals surface area contributed by atoms with Gasteiger partial charge in [-0.2, -0.15) is 10.1 Å². The van der Waals surface area contributed by atoms with Crippen molar-refractivity contribution in [2.24, 2.45) is 5.10 Å². The Morgan fingerprint density at radius 1 is 1.59 bits per heavy atom. The van der Waals surface area contributed by atoms with E-state index >= 15 is 0 Å². The van der Waals surface area contributed by atoms with Crippen molar-refractivity contribution in [3.63, 3.8) is 0 Å². The quantitative estimate of drug-likeness (QED) is 0.798. The fourth-order valence-corrected chi connectivity index (χ4v) is 1.50. The van der Waals surface area contributed by atoms with Crippen molar-refractivity contribution in [2.75, 3.05) is 18.3 Å². The largest absolute Gasteiger partial charge is 0.491 e. The second kappa shape index (κ2) is 4.90. The molecule has 0 spiro atoms. The van der Waals surface area contributed by atoms with Crippen molar-refractivity contribution in [3.05, 3.63) is 18.3 Å². The number of pyridine rings is 1. The molecule has 1 aliphatic heterocycles. The third-order valence-corrected chi connectivity index (χ3v) is 2.19. The zero-order valence-electron chi connectivity index (χ0n) is 9.39. The molecule has 5 nitrogen and oxygen atoms in total. The van der Waals surface area contributed by atoms with Gasteiger partial charge < -0.3 is 4.74 Å². The first-order valence-corrected chi connectivity index (χ1v) is 5.22. The minimum atomic E-state index is -0.558. The second-order valence-corrected chi connectivity index (χ2v) is 3.60. The molecule has 0 atom stereocenters. The van der Waals surface area contributed by atoms with Crippen LogP contribution in [0, 0.1) is 0 Å². The number of aromatic nitrogens is 1. The van der Waals surface area contributed by atoms with E-state index in [4.69, 9.17) is 4.74 Å². The Labute approximate surface area is 97.9 Å². The van der Waals surface area contributed by atoms with Crippen molar-refractivity contribution in [1.29, 1.82) is 0 Å². The Morgan fingerprint density at radius 2 is 2.41 bits per heavy atom. The third-order valence-electron chi connectivity index (χ3n) is 2.19. The fraction of sp³-hybridized carbons (Fsp3) is 0.364. The highest BCUT2D eigenvalue weighted by atomic mass is 19.1. The molecule has 0 saturated heterocycles. The predicted molar refractivity (Wildman–Crippen MR) is 60.9 cm³/mol. The van der Waals surface area contributed by atoms with Crippen LogP contribution >= 0.6 is 0 Å². The van der Waals surface area contributed by atoms with Crippen LogP contribution in [-0.4, -0.2) is 29.9 Å². The van der Waals surface area contributed by atoms with Gasteiger partial charge in [0.05, 0.1) is 6.42 Å². The SMILES string of the molecule is CC1=NN(c2cc(OCCF)ccn2)C(=O)C1. The first kappa shape index (κ1) is 11.5. The second-order valence-electron chi connectivity index (χ2n) is 3.60. The summed E-state index contributed by atoms with van der Waals surface area (Å²) in [5, 5.41) is 5.30. The smallest absolute Gasteiger partial charge is 0.254 e. The Bertz CT molecular complexity index is 462. The van der Waals surface area contributed by atoms with Gasteiger partial charge in [0.2, 0.25) is 0 Å². The van der Waals surface area contributed by atoms with Crippen LogP contribution in [0.15, 0.2) is 23.4 Å². The molecule has 6 heteroatoms. The van der Waals surface area contributed by atoms with Crippen LogP contribution in [0.3, 0.4) is 0 Å². The monoisotopic (exact) mass is 237 g/mol. The van der Waals surface area contributed by atoms with Gasteiger partial charge in [-0.1, -0.05) is 0 Å². The minimum Gasteiger partial charge on any atom is -0.491 e. The molecule has 0 fully saturated rings. The molecule has 1 aromatic rings. The lowest BCUT2D eigenvalue weighted by Crippen LogP contribution is -2.20. The predicted octanol–water partition coefficient (Wildman–Crippen LogP) is 1.54. The standard InChI is InChI=1S/C11H12FN3O2/c1-8-6-11(16)15(14-8)10-7-9(2-4-13-10)17-5-3-12/h2,4,7H,3,5-6H2,1H3. The maximum atomic E-state index is 12.0. The van der Waals surface area contributed by atoms with E-state index in [-0.39, 0.29) is 12.5 Å². The molecule has 1 aromatic heterocycles. The summed E-state index contributed by atoms with van der Waals surface area (Å²) in [6.07, 6.45) is 1.80. The summed E-state index contributed by atoms with van der Waals surface area (Å²) in [5.41, 5.74) is 0.742. The number of carbonyl (C=O) groups is 1. The number of halogens is 1. The van der Waals surface area contributed by atoms with E-state index in [1.54, 1.807) is 19.1 Å². The summed E-state index contributed by atoms with van der Waals surface area (Å²) in [7, 11) is 0. The van der Waals surface area contributed by atoms with Gasteiger partial charge in [-0.3, -0.25) is 4.79 Å². The number of anilines is 1. The summed E-state index contributed by atoms with van der Waals surface area (Å²) < 4.78 is 17.1. The van der Waals surface area contributed by atoms with E-state index in [0.717, 1.165) is 5.71 Å². The van der Waals surface area contributed by atoms with Gasteiger partial charge in [-0.25, -0.2) is 9.37 Å². The number of hydrogen-bond donors (Lipinski definition) is 0. The number of alkyl halides is 1. The normalized spacial score (nSPS) is 15.1. The lowest BCUT2D eigenvalue weighted by molar-refractivity contribution is -0.116. The van der Waals surface area contributed by atoms with E-state index in [9.17, 15) is 9.18 Å². The number of amides is 1. The summed E-state index contributed by atoms with van der Waals surface area (Å²) in [5.74, 6) is 0.737. The molecular weight excluding hydrogens is 225 g/mol. The first-order valence-electron chi connectivity index (χ1n) is 5.22. The van der Waals surface area contributed by atoms with Gasteiger partial charge in [0.15, 0.2) is 5.82 Å². The molecule has 17 heavy (non-hydrogen) atoms. The first-order chi connectivity index (χ1) is 8.20. The number of nitrogens with zero attached hydrogens (tertiary/aromatic N) is 3. The molecule has 0 radical (unpaired) electrons. The molecule has 2 heterocycles. The van der Waals surface area contributed by atoms with Crippen LogP contribution in [-0.2, 0) is 4.79 Å². The molecule has 0 aliphatic carbocycles. The van der Waals surface area contributed by atoms with E-state index < -0.39 is 6.67 Å². The highest BCUT2D eigenvalue weighted by molar-refractivity contribution is 6.11. The average molecular weight is 237 g/mol. The molecule has 2 rings (SSSR count). The van der Waals surface area contributed by atoms with Crippen LogP contribution in [0.5, 0.6) is 5.75 Å². The van der Waals surface area contributed by atoms with E-state index in [1.165, 1.54) is 11.2 Å². The lowest BCUT2D eigenvalue weighted by atomic mass is 10.3. The molecular formula is C11H12FN3O2. The van der Waals surface area contributed by atoms with E-state index in [1.807, 2.05) is 0 Å². The number of ether oxygens (including phenoxy) is 1. The third kappa shape index (κ3) is 2.58. The summed E-state index contributed by atoms with van der Waals surface area (Å²) in [6, 6.07) is 3.17. The molecule has 0 aromatic carbocycles. The van der Waals surface area contributed by atoms with Crippen LogP contribution in [0.2, 0.25) is 0 Å². The van der Waals surface area contributed by atoms with Crippen molar-refractivity contribution < 1.29 is 13.9 Å². The van der Waals surface area contributed by atoms with Gasteiger partial charge in [0.25, 0.3) is 5.91 Å². The maximum absolute atomic E-state index is 12.0. The van der Waals surface area contributed by atoms with Crippen molar-refractivity contribution in [1.82, 2.24) is 4.98 Å². The molecule has 1 aliphatic rings. The minimum absolute atomic E-state index is 0.0142. The van der Waals surface area contributed by atoms with Crippen molar-refractivity contribution in [3.8, 4) is 5.75 Å². The summed E-state index contributed by atoms with van der Waals surface area (Å²) in [6.45, 7) is 1.21. The number of carbonyl (C=O) groups excluding carboxylic acids is 1. The Balaban J connectivity index is 2.18. The maximum Gasteiger partial charge on any atom is 0.254 e. The molecule has 90 valence electrons. The van der Waals surface area contributed by atoms with Gasteiger partial charge in [-0.05, 0) is 13.0 Å². The van der Waals surface area contributed by atoms with Crippen LogP contribution in [0.1, 0.15) is 13.3 Å². The Kier molecular flexibility index (Phi) is 3.32. The average Bonchev–Trinajstić information content (AvgIpc) is 2.66. The van der Waals surface area contributed by atoms with Gasteiger partial charge in [-0.15, -0.1) is 0 Å². The van der Waals surface area contributed by atoms with E-state index in [0.29, 0.717) is 18.0 Å². The highest BCUT2D eigenvalue weighted by Gasteiger charge is 2.23.